The highest BCUT2D eigenvalue weighted by Gasteiger charge is 2.16. The van der Waals surface area contributed by atoms with Gasteiger partial charge in [-0.3, -0.25) is 9.52 Å². The molecule has 0 aromatic heterocycles. The van der Waals surface area contributed by atoms with Crippen molar-refractivity contribution in [2.45, 2.75) is 18.7 Å². The summed E-state index contributed by atoms with van der Waals surface area (Å²) in [4.78, 5) is 12.4. The van der Waals surface area contributed by atoms with Crippen molar-refractivity contribution in [1.29, 1.82) is 0 Å². The normalized spacial score (nSPS) is 11.0. The van der Waals surface area contributed by atoms with Crippen molar-refractivity contribution in [3.63, 3.8) is 0 Å². The summed E-state index contributed by atoms with van der Waals surface area (Å²) < 4.78 is 27.7. The van der Waals surface area contributed by atoms with Gasteiger partial charge in [0, 0.05) is 11.3 Å². The Hall–Kier alpha value is -3.12. The summed E-state index contributed by atoms with van der Waals surface area (Å²) in [6, 6.07) is 20.4. The first kappa shape index (κ1) is 18.7. The van der Waals surface area contributed by atoms with Crippen LogP contribution in [0.1, 0.15) is 21.5 Å². The predicted octanol–water partition coefficient (Wildman–Crippen LogP) is 4.36. The van der Waals surface area contributed by atoms with Crippen molar-refractivity contribution in [2.24, 2.45) is 0 Å². The first-order chi connectivity index (χ1) is 12.8. The van der Waals surface area contributed by atoms with Gasteiger partial charge in [0.1, 0.15) is 0 Å². The lowest BCUT2D eigenvalue weighted by atomic mass is 10.2. The Morgan fingerprint density at radius 2 is 1.56 bits per heavy atom. The van der Waals surface area contributed by atoms with E-state index in [9.17, 15) is 13.2 Å². The molecule has 27 heavy (non-hydrogen) atoms. The Morgan fingerprint density at radius 1 is 0.852 bits per heavy atom. The van der Waals surface area contributed by atoms with Crippen LogP contribution in [0.2, 0.25) is 0 Å². The minimum absolute atomic E-state index is 0.0952. The van der Waals surface area contributed by atoms with Gasteiger partial charge in [-0.1, -0.05) is 30.3 Å². The lowest BCUT2D eigenvalue weighted by molar-refractivity contribution is 0.102. The number of sulfonamides is 1. The number of benzene rings is 3. The largest absolute Gasteiger partial charge is 0.322 e. The molecular formula is C21H20N2O3S. The maximum absolute atomic E-state index is 12.6. The minimum atomic E-state index is -3.72. The smallest absolute Gasteiger partial charge is 0.261 e. The Morgan fingerprint density at radius 3 is 2.22 bits per heavy atom. The Bertz CT molecular complexity index is 1070. The molecule has 2 N–H and O–H groups in total. The molecule has 0 aliphatic rings. The second-order valence-electron chi connectivity index (χ2n) is 6.27. The molecule has 0 radical (unpaired) electrons. The van der Waals surface area contributed by atoms with Gasteiger partial charge in [-0.15, -0.1) is 0 Å². The number of hydrogen-bond acceptors (Lipinski definition) is 3. The Balaban J connectivity index is 1.76. The molecular weight excluding hydrogens is 360 g/mol. The van der Waals surface area contributed by atoms with Crippen LogP contribution in [-0.2, 0) is 10.0 Å². The predicted molar refractivity (Wildman–Crippen MR) is 108 cm³/mol. The number of rotatable bonds is 5. The molecule has 6 heteroatoms. The zero-order valence-corrected chi connectivity index (χ0v) is 15.9. The molecule has 138 valence electrons. The zero-order chi connectivity index (χ0) is 19.4. The Kier molecular flexibility index (Phi) is 5.28. The van der Waals surface area contributed by atoms with Gasteiger partial charge < -0.3 is 5.32 Å². The number of aryl methyl sites for hydroxylation is 2. The highest BCUT2D eigenvalue weighted by atomic mass is 32.2. The molecule has 3 aromatic carbocycles. The third-order valence-corrected chi connectivity index (χ3v) is 5.47. The van der Waals surface area contributed by atoms with E-state index in [-0.39, 0.29) is 10.8 Å². The van der Waals surface area contributed by atoms with E-state index in [1.54, 1.807) is 18.2 Å². The molecule has 3 aromatic rings. The number of anilines is 2. The molecule has 0 saturated carbocycles. The van der Waals surface area contributed by atoms with Crippen LogP contribution in [0, 0.1) is 13.8 Å². The molecule has 0 saturated heterocycles. The maximum atomic E-state index is 12.6. The van der Waals surface area contributed by atoms with E-state index < -0.39 is 10.0 Å². The van der Waals surface area contributed by atoms with Crippen molar-refractivity contribution in [2.75, 3.05) is 10.0 Å². The average Bonchev–Trinajstić information content (AvgIpc) is 2.64. The zero-order valence-electron chi connectivity index (χ0n) is 15.1. The second kappa shape index (κ2) is 7.63. The van der Waals surface area contributed by atoms with Crippen LogP contribution in [-0.4, -0.2) is 14.3 Å². The van der Waals surface area contributed by atoms with E-state index in [1.807, 2.05) is 44.2 Å². The maximum Gasteiger partial charge on any atom is 0.261 e. The van der Waals surface area contributed by atoms with Crippen LogP contribution in [0.5, 0.6) is 0 Å². The fraction of sp³-hybridized carbons (Fsp3) is 0.0952. The molecule has 1 amide bonds. The number of para-hydroxylation sites is 1. The van der Waals surface area contributed by atoms with Gasteiger partial charge in [0.05, 0.1) is 10.6 Å². The number of carbonyl (C=O) groups excluding carboxylic acids is 1. The van der Waals surface area contributed by atoms with Crippen LogP contribution in [0.25, 0.3) is 0 Å². The Labute approximate surface area is 159 Å². The van der Waals surface area contributed by atoms with Crippen LogP contribution in [0.4, 0.5) is 11.4 Å². The highest BCUT2D eigenvalue weighted by Crippen LogP contribution is 2.20. The molecule has 3 rings (SSSR count). The topological polar surface area (TPSA) is 75.3 Å². The van der Waals surface area contributed by atoms with Gasteiger partial charge >= 0.3 is 0 Å². The fourth-order valence-electron chi connectivity index (χ4n) is 2.60. The third-order valence-electron chi connectivity index (χ3n) is 4.09. The molecule has 0 fully saturated rings. The van der Waals surface area contributed by atoms with E-state index in [1.165, 1.54) is 24.3 Å². The van der Waals surface area contributed by atoms with Crippen molar-refractivity contribution in [3.8, 4) is 0 Å². The summed E-state index contributed by atoms with van der Waals surface area (Å²) in [6.45, 7) is 3.77. The first-order valence-electron chi connectivity index (χ1n) is 8.42. The van der Waals surface area contributed by atoms with Gasteiger partial charge in [0.2, 0.25) is 0 Å². The third kappa shape index (κ3) is 4.54. The lowest BCUT2D eigenvalue weighted by Gasteiger charge is -2.11. The number of carbonyl (C=O) groups is 1. The summed E-state index contributed by atoms with van der Waals surface area (Å²) in [5.74, 6) is -0.295. The second-order valence-corrected chi connectivity index (χ2v) is 7.95. The van der Waals surface area contributed by atoms with Crippen LogP contribution in [0.3, 0.4) is 0 Å². The molecule has 0 aliphatic heterocycles. The monoisotopic (exact) mass is 380 g/mol. The van der Waals surface area contributed by atoms with E-state index in [0.29, 0.717) is 16.9 Å². The molecule has 0 aliphatic carbocycles. The van der Waals surface area contributed by atoms with Crippen LogP contribution >= 0.6 is 0 Å². The van der Waals surface area contributed by atoms with Gasteiger partial charge in [0.15, 0.2) is 0 Å². The lowest BCUT2D eigenvalue weighted by Crippen LogP contribution is -2.15. The van der Waals surface area contributed by atoms with E-state index in [2.05, 4.69) is 10.0 Å². The van der Waals surface area contributed by atoms with Crippen molar-refractivity contribution < 1.29 is 13.2 Å². The number of hydrogen-bond donors (Lipinski definition) is 2. The SMILES string of the molecule is Cc1cccc(NC(=O)c2ccc(S(=O)(=O)Nc3ccccc3C)cc2)c1. The summed E-state index contributed by atoms with van der Waals surface area (Å²) >= 11 is 0. The molecule has 0 heterocycles. The van der Waals surface area contributed by atoms with Gasteiger partial charge in [-0.2, -0.15) is 0 Å². The number of amides is 1. The van der Waals surface area contributed by atoms with Crippen molar-refractivity contribution in [3.05, 3.63) is 89.5 Å². The van der Waals surface area contributed by atoms with Gasteiger partial charge in [0.25, 0.3) is 15.9 Å². The van der Waals surface area contributed by atoms with Gasteiger partial charge in [-0.25, -0.2) is 8.42 Å². The molecule has 0 unspecified atom stereocenters. The molecule has 0 bridgehead atoms. The summed E-state index contributed by atoms with van der Waals surface area (Å²) in [5, 5.41) is 2.80. The van der Waals surface area contributed by atoms with Gasteiger partial charge in [-0.05, 0) is 67.4 Å². The molecule has 0 spiro atoms. The summed E-state index contributed by atoms with van der Waals surface area (Å²) in [7, 11) is -3.72. The first-order valence-corrected chi connectivity index (χ1v) is 9.90. The summed E-state index contributed by atoms with van der Waals surface area (Å²) in [5.41, 5.74) is 3.47. The average molecular weight is 380 g/mol. The number of nitrogens with one attached hydrogen (secondary N) is 2. The van der Waals surface area contributed by atoms with Crippen LogP contribution in [0.15, 0.2) is 77.7 Å². The minimum Gasteiger partial charge on any atom is -0.322 e. The van der Waals surface area contributed by atoms with E-state index in [4.69, 9.17) is 0 Å². The fourth-order valence-corrected chi connectivity index (χ4v) is 3.73. The van der Waals surface area contributed by atoms with Crippen molar-refractivity contribution in [1.82, 2.24) is 0 Å². The summed E-state index contributed by atoms with van der Waals surface area (Å²) in [6.07, 6.45) is 0. The van der Waals surface area contributed by atoms with Crippen LogP contribution < -0.4 is 10.0 Å². The quantitative estimate of drug-likeness (QED) is 0.691. The standard InChI is InChI=1S/C21H20N2O3S/c1-15-6-5-8-18(14-15)22-21(24)17-10-12-19(13-11-17)27(25,26)23-20-9-4-3-7-16(20)2/h3-14,23H,1-2H3,(H,22,24). The van der Waals surface area contributed by atoms with E-state index >= 15 is 0 Å². The molecule has 0 atom stereocenters. The molecule has 5 nitrogen and oxygen atoms in total. The van der Waals surface area contributed by atoms with E-state index in [0.717, 1.165) is 11.1 Å². The highest BCUT2D eigenvalue weighted by molar-refractivity contribution is 7.92. The van der Waals surface area contributed by atoms with Crippen molar-refractivity contribution >= 4 is 27.3 Å².